The van der Waals surface area contributed by atoms with Crippen LogP contribution in [0.4, 0.5) is 19.0 Å². The molecule has 0 unspecified atom stereocenters. The highest BCUT2D eigenvalue weighted by atomic mass is 32.1. The third kappa shape index (κ3) is 4.18. The normalized spacial score (nSPS) is 11.3. The number of thiocarbonyl (C=S) groups is 1. The Balaban J connectivity index is 2.86. The highest BCUT2D eigenvalue weighted by Gasteiger charge is 2.30. The second-order valence-electron chi connectivity index (χ2n) is 3.40. The molecule has 0 saturated carbocycles. The van der Waals surface area contributed by atoms with Gasteiger partial charge in [-0.25, -0.2) is 4.98 Å². The molecule has 0 atom stereocenters. The summed E-state index contributed by atoms with van der Waals surface area (Å²) in [6.07, 6.45) is -2.88. The van der Waals surface area contributed by atoms with Crippen molar-refractivity contribution in [2.24, 2.45) is 5.73 Å². The van der Waals surface area contributed by atoms with Crippen LogP contribution >= 0.6 is 12.2 Å². The van der Waals surface area contributed by atoms with E-state index in [9.17, 15) is 13.2 Å². The zero-order valence-electron chi connectivity index (χ0n) is 9.16. The van der Waals surface area contributed by atoms with Crippen molar-refractivity contribution < 1.29 is 13.2 Å². The summed E-state index contributed by atoms with van der Waals surface area (Å²) < 4.78 is 36.8. The molecule has 0 radical (unpaired) electrons. The van der Waals surface area contributed by atoms with Crippen LogP contribution in [0.1, 0.15) is 12.5 Å². The molecule has 0 amide bonds. The lowest BCUT2D eigenvalue weighted by Gasteiger charge is -2.23. The van der Waals surface area contributed by atoms with E-state index in [0.717, 1.165) is 4.90 Å². The van der Waals surface area contributed by atoms with Gasteiger partial charge < -0.3 is 10.6 Å². The Hall–Kier alpha value is -1.37. The number of anilines is 1. The lowest BCUT2D eigenvalue weighted by atomic mass is 10.3. The SMILES string of the molecule is CCN(CC(F)(F)F)c1ccc(C(N)=S)cn1. The fraction of sp³-hybridized carbons (Fsp3) is 0.400. The van der Waals surface area contributed by atoms with E-state index >= 15 is 0 Å². The summed E-state index contributed by atoms with van der Waals surface area (Å²) in [6.45, 7) is 0.830. The fourth-order valence-electron chi connectivity index (χ4n) is 1.29. The highest BCUT2D eigenvalue weighted by molar-refractivity contribution is 7.80. The zero-order chi connectivity index (χ0) is 13.1. The molecule has 2 N–H and O–H groups in total. The molecule has 0 fully saturated rings. The fourth-order valence-corrected chi connectivity index (χ4v) is 1.41. The molecule has 3 nitrogen and oxygen atoms in total. The van der Waals surface area contributed by atoms with Crippen molar-refractivity contribution in [3.05, 3.63) is 23.9 Å². The minimum absolute atomic E-state index is 0.169. The summed E-state index contributed by atoms with van der Waals surface area (Å²) >= 11 is 4.73. The van der Waals surface area contributed by atoms with Crippen LogP contribution in [0.25, 0.3) is 0 Å². The van der Waals surface area contributed by atoms with Gasteiger partial charge in [0, 0.05) is 18.3 Å². The quantitative estimate of drug-likeness (QED) is 0.845. The van der Waals surface area contributed by atoms with Gasteiger partial charge in [0.2, 0.25) is 0 Å². The van der Waals surface area contributed by atoms with Gasteiger partial charge in [0.25, 0.3) is 0 Å². The lowest BCUT2D eigenvalue weighted by molar-refractivity contribution is -0.119. The Kier molecular flexibility index (Phi) is 4.28. The summed E-state index contributed by atoms with van der Waals surface area (Å²) in [7, 11) is 0. The van der Waals surface area contributed by atoms with Crippen LogP contribution in [0.5, 0.6) is 0 Å². The standard InChI is InChI=1S/C10H12F3N3S/c1-2-16(6-10(11,12)13)8-4-3-7(5-15-8)9(14)17/h3-5H,2,6H2,1H3,(H2,14,17). The van der Waals surface area contributed by atoms with Crippen LogP contribution in [0.15, 0.2) is 18.3 Å². The summed E-state index contributed by atoms with van der Waals surface area (Å²) in [5.41, 5.74) is 5.91. The number of alkyl halides is 3. The van der Waals surface area contributed by atoms with Gasteiger partial charge in [-0.15, -0.1) is 0 Å². The predicted molar refractivity (Wildman–Crippen MR) is 64.1 cm³/mol. The Labute approximate surface area is 102 Å². The number of nitrogens with two attached hydrogens (primary N) is 1. The maximum Gasteiger partial charge on any atom is 0.405 e. The molecule has 1 aromatic rings. The molecule has 1 aromatic heterocycles. The molecule has 0 spiro atoms. The second kappa shape index (κ2) is 5.31. The molecule has 0 saturated heterocycles. The number of hydrogen-bond acceptors (Lipinski definition) is 3. The average Bonchev–Trinajstić information content (AvgIpc) is 2.25. The van der Waals surface area contributed by atoms with E-state index in [1.165, 1.54) is 12.3 Å². The van der Waals surface area contributed by atoms with Crippen LogP contribution < -0.4 is 10.6 Å². The number of pyridine rings is 1. The van der Waals surface area contributed by atoms with E-state index < -0.39 is 12.7 Å². The third-order valence-electron chi connectivity index (χ3n) is 2.11. The van der Waals surface area contributed by atoms with Gasteiger partial charge in [0.05, 0.1) is 0 Å². The Morgan fingerprint density at radius 2 is 2.12 bits per heavy atom. The van der Waals surface area contributed by atoms with E-state index in [1.54, 1.807) is 13.0 Å². The van der Waals surface area contributed by atoms with Crippen LogP contribution in [-0.2, 0) is 0 Å². The molecule has 0 bridgehead atoms. The number of rotatable bonds is 4. The topological polar surface area (TPSA) is 42.1 Å². The minimum Gasteiger partial charge on any atom is -0.389 e. The molecular weight excluding hydrogens is 251 g/mol. The number of halogens is 3. The van der Waals surface area contributed by atoms with Gasteiger partial charge in [-0.05, 0) is 19.1 Å². The maximum atomic E-state index is 12.3. The smallest absolute Gasteiger partial charge is 0.389 e. The number of hydrogen-bond donors (Lipinski definition) is 1. The largest absolute Gasteiger partial charge is 0.405 e. The first-order chi connectivity index (χ1) is 7.83. The Bertz CT molecular complexity index is 389. The van der Waals surface area contributed by atoms with Gasteiger partial charge >= 0.3 is 6.18 Å². The van der Waals surface area contributed by atoms with Gasteiger partial charge in [-0.2, -0.15) is 13.2 Å². The molecule has 0 aliphatic heterocycles. The minimum atomic E-state index is -4.25. The molecule has 0 aliphatic rings. The predicted octanol–water partition coefficient (Wildman–Crippen LogP) is 2.10. The Morgan fingerprint density at radius 3 is 2.47 bits per heavy atom. The zero-order valence-corrected chi connectivity index (χ0v) is 9.98. The second-order valence-corrected chi connectivity index (χ2v) is 3.84. The maximum absolute atomic E-state index is 12.3. The highest BCUT2D eigenvalue weighted by Crippen LogP contribution is 2.20. The molecule has 94 valence electrons. The molecular formula is C10H12F3N3S. The van der Waals surface area contributed by atoms with Crippen molar-refractivity contribution in [2.75, 3.05) is 18.0 Å². The van der Waals surface area contributed by atoms with Crippen molar-refractivity contribution in [1.82, 2.24) is 4.98 Å². The van der Waals surface area contributed by atoms with Crippen molar-refractivity contribution in [3.63, 3.8) is 0 Å². The Morgan fingerprint density at radius 1 is 1.47 bits per heavy atom. The van der Waals surface area contributed by atoms with Crippen molar-refractivity contribution >= 4 is 23.0 Å². The first-order valence-corrected chi connectivity index (χ1v) is 5.32. The molecule has 0 aliphatic carbocycles. The molecule has 1 heterocycles. The van der Waals surface area contributed by atoms with Gasteiger partial charge in [-0.1, -0.05) is 12.2 Å². The first kappa shape index (κ1) is 13.7. The van der Waals surface area contributed by atoms with Crippen molar-refractivity contribution in [3.8, 4) is 0 Å². The average molecular weight is 263 g/mol. The van der Waals surface area contributed by atoms with E-state index in [4.69, 9.17) is 18.0 Å². The lowest BCUT2D eigenvalue weighted by Crippen LogP contribution is -2.34. The van der Waals surface area contributed by atoms with E-state index in [-0.39, 0.29) is 17.4 Å². The van der Waals surface area contributed by atoms with Crippen molar-refractivity contribution in [2.45, 2.75) is 13.1 Å². The summed E-state index contributed by atoms with van der Waals surface area (Å²) in [4.78, 5) is 5.21. The molecule has 17 heavy (non-hydrogen) atoms. The summed E-state index contributed by atoms with van der Waals surface area (Å²) in [6, 6.07) is 3.04. The summed E-state index contributed by atoms with van der Waals surface area (Å²) in [5.74, 6) is 0.254. The molecule has 7 heteroatoms. The van der Waals surface area contributed by atoms with Gasteiger partial charge in [0.1, 0.15) is 17.4 Å². The van der Waals surface area contributed by atoms with Crippen LogP contribution in [-0.4, -0.2) is 29.2 Å². The third-order valence-corrected chi connectivity index (χ3v) is 2.34. The van der Waals surface area contributed by atoms with E-state index in [2.05, 4.69) is 4.98 Å². The van der Waals surface area contributed by atoms with Crippen LogP contribution in [0, 0.1) is 0 Å². The summed E-state index contributed by atoms with van der Waals surface area (Å²) in [5, 5.41) is 0. The van der Waals surface area contributed by atoms with Gasteiger partial charge in [-0.3, -0.25) is 0 Å². The van der Waals surface area contributed by atoms with Crippen LogP contribution in [0.2, 0.25) is 0 Å². The number of nitrogens with zero attached hydrogens (tertiary/aromatic N) is 2. The van der Waals surface area contributed by atoms with E-state index in [1.807, 2.05) is 0 Å². The monoisotopic (exact) mass is 263 g/mol. The van der Waals surface area contributed by atoms with Crippen LogP contribution in [0.3, 0.4) is 0 Å². The van der Waals surface area contributed by atoms with Crippen molar-refractivity contribution in [1.29, 1.82) is 0 Å². The molecule has 1 rings (SSSR count). The number of aromatic nitrogens is 1. The van der Waals surface area contributed by atoms with Gasteiger partial charge in [0.15, 0.2) is 0 Å². The molecule has 0 aromatic carbocycles. The van der Waals surface area contributed by atoms with E-state index in [0.29, 0.717) is 5.56 Å². The first-order valence-electron chi connectivity index (χ1n) is 4.91.